The average molecular weight is 477 g/mol. The predicted molar refractivity (Wildman–Crippen MR) is 117 cm³/mol. The van der Waals surface area contributed by atoms with Gasteiger partial charge in [-0.1, -0.05) is 46.1 Å². The molecule has 0 heterocycles. The molecular formula is C22H25BrN2O3S. The Balaban J connectivity index is 1.60. The maximum atomic E-state index is 13.4. The Morgan fingerprint density at radius 2 is 1.90 bits per heavy atom. The van der Waals surface area contributed by atoms with E-state index < -0.39 is 10.0 Å². The van der Waals surface area contributed by atoms with Crippen molar-refractivity contribution in [3.63, 3.8) is 0 Å². The van der Waals surface area contributed by atoms with Gasteiger partial charge in [-0.3, -0.25) is 9.10 Å². The van der Waals surface area contributed by atoms with E-state index in [1.807, 2.05) is 13.0 Å². The summed E-state index contributed by atoms with van der Waals surface area (Å²) in [5.74, 6) is 0.998. The number of fused-ring (bicyclic) bond motifs is 2. The van der Waals surface area contributed by atoms with Crippen molar-refractivity contribution in [1.29, 1.82) is 0 Å². The van der Waals surface area contributed by atoms with Crippen LogP contribution in [0.25, 0.3) is 0 Å². The molecule has 2 aliphatic rings. The topological polar surface area (TPSA) is 66.5 Å². The van der Waals surface area contributed by atoms with Crippen LogP contribution in [0.3, 0.4) is 0 Å². The van der Waals surface area contributed by atoms with Gasteiger partial charge >= 0.3 is 0 Å². The number of benzene rings is 2. The highest BCUT2D eigenvalue weighted by Gasteiger charge is 2.40. The van der Waals surface area contributed by atoms with E-state index in [0.717, 1.165) is 22.9 Å². The molecule has 2 aromatic rings. The molecule has 2 fully saturated rings. The van der Waals surface area contributed by atoms with Crippen LogP contribution in [0.1, 0.15) is 31.2 Å². The maximum absolute atomic E-state index is 13.4. The third kappa shape index (κ3) is 4.36. The molecule has 2 aromatic carbocycles. The van der Waals surface area contributed by atoms with Crippen molar-refractivity contribution in [2.45, 2.75) is 43.5 Å². The molecule has 0 radical (unpaired) electrons. The van der Waals surface area contributed by atoms with Gasteiger partial charge in [0.05, 0.1) is 10.6 Å². The lowest BCUT2D eigenvalue weighted by atomic mass is 9.95. The molecule has 7 heteroatoms. The number of rotatable bonds is 6. The van der Waals surface area contributed by atoms with Gasteiger partial charge in [0, 0.05) is 10.5 Å². The molecule has 0 saturated heterocycles. The molecule has 2 bridgehead atoms. The number of anilines is 1. The number of hydrogen-bond acceptors (Lipinski definition) is 3. The molecule has 29 heavy (non-hydrogen) atoms. The number of aryl methyl sites for hydroxylation is 1. The molecule has 154 valence electrons. The highest BCUT2D eigenvalue weighted by Crippen LogP contribution is 2.44. The largest absolute Gasteiger partial charge is 0.352 e. The van der Waals surface area contributed by atoms with Gasteiger partial charge in [-0.2, -0.15) is 0 Å². The second-order valence-corrected chi connectivity index (χ2v) is 10.9. The number of amides is 1. The van der Waals surface area contributed by atoms with Gasteiger partial charge in [0.2, 0.25) is 5.91 Å². The summed E-state index contributed by atoms with van der Waals surface area (Å²) in [5.41, 5.74) is 1.44. The molecule has 1 N–H and O–H groups in total. The summed E-state index contributed by atoms with van der Waals surface area (Å²) in [5, 5.41) is 3.10. The summed E-state index contributed by atoms with van der Waals surface area (Å²) < 4.78 is 28.7. The zero-order valence-corrected chi connectivity index (χ0v) is 18.7. The monoisotopic (exact) mass is 476 g/mol. The maximum Gasteiger partial charge on any atom is 0.264 e. The number of carbonyl (C=O) groups excluding carboxylic acids is 1. The summed E-state index contributed by atoms with van der Waals surface area (Å²) in [4.78, 5) is 13.0. The van der Waals surface area contributed by atoms with Crippen LogP contribution >= 0.6 is 15.9 Å². The van der Waals surface area contributed by atoms with E-state index in [1.165, 1.54) is 17.1 Å². The molecular weight excluding hydrogens is 452 g/mol. The lowest BCUT2D eigenvalue weighted by molar-refractivity contribution is -0.120. The van der Waals surface area contributed by atoms with E-state index in [2.05, 4.69) is 21.2 Å². The number of halogens is 1. The average Bonchev–Trinajstić information content (AvgIpc) is 3.29. The quantitative estimate of drug-likeness (QED) is 0.677. The fourth-order valence-electron chi connectivity index (χ4n) is 4.59. The zero-order chi connectivity index (χ0) is 20.6. The standard InChI is InChI=1S/C22H25BrN2O3S/c1-15-5-9-20(10-6-15)29(27,28)25(19-4-2-3-18(23)13-19)14-22(26)24-21-12-16-7-8-17(21)11-16/h2-6,9-10,13,16-17,21H,7-8,11-12,14H2,1H3,(H,24,26)/t16-,17-,21+/m0/s1. The van der Waals surface area contributed by atoms with Gasteiger partial charge in [-0.15, -0.1) is 0 Å². The first-order valence-electron chi connectivity index (χ1n) is 9.97. The van der Waals surface area contributed by atoms with E-state index in [4.69, 9.17) is 0 Å². The summed E-state index contributed by atoms with van der Waals surface area (Å²) >= 11 is 3.40. The van der Waals surface area contributed by atoms with Gasteiger partial charge in [0.1, 0.15) is 6.54 Å². The van der Waals surface area contributed by atoms with Crippen LogP contribution in [-0.4, -0.2) is 26.9 Å². The van der Waals surface area contributed by atoms with Crippen LogP contribution in [0.15, 0.2) is 57.9 Å². The Labute approximate surface area is 180 Å². The highest BCUT2D eigenvalue weighted by molar-refractivity contribution is 9.10. The predicted octanol–water partition coefficient (Wildman–Crippen LogP) is 4.26. The normalized spacial score (nSPS) is 23.2. The second-order valence-electron chi connectivity index (χ2n) is 8.15. The van der Waals surface area contributed by atoms with Crippen molar-refractivity contribution in [2.24, 2.45) is 11.8 Å². The van der Waals surface area contributed by atoms with Gasteiger partial charge in [-0.25, -0.2) is 8.42 Å². The Morgan fingerprint density at radius 1 is 1.14 bits per heavy atom. The van der Waals surface area contributed by atoms with Crippen molar-refractivity contribution in [3.8, 4) is 0 Å². The summed E-state index contributed by atoms with van der Waals surface area (Å²) in [6, 6.07) is 13.9. The first-order chi connectivity index (χ1) is 13.8. The van der Waals surface area contributed by atoms with Crippen molar-refractivity contribution in [2.75, 3.05) is 10.8 Å². The van der Waals surface area contributed by atoms with Crippen LogP contribution in [0.5, 0.6) is 0 Å². The molecule has 2 saturated carbocycles. The summed E-state index contributed by atoms with van der Waals surface area (Å²) in [6.45, 7) is 1.67. The minimum atomic E-state index is -3.87. The van der Waals surface area contributed by atoms with Crippen molar-refractivity contribution in [1.82, 2.24) is 5.32 Å². The van der Waals surface area contributed by atoms with Crippen molar-refractivity contribution < 1.29 is 13.2 Å². The Morgan fingerprint density at radius 3 is 2.52 bits per heavy atom. The Kier molecular flexibility index (Phi) is 5.71. The summed E-state index contributed by atoms with van der Waals surface area (Å²) in [6.07, 6.45) is 4.61. The van der Waals surface area contributed by atoms with E-state index in [0.29, 0.717) is 17.5 Å². The number of nitrogens with one attached hydrogen (secondary N) is 1. The fraction of sp³-hybridized carbons (Fsp3) is 0.409. The van der Waals surface area contributed by atoms with E-state index in [-0.39, 0.29) is 23.4 Å². The molecule has 0 unspecified atom stereocenters. The lowest BCUT2D eigenvalue weighted by Gasteiger charge is -2.27. The van der Waals surface area contributed by atoms with E-state index in [1.54, 1.807) is 42.5 Å². The van der Waals surface area contributed by atoms with Crippen molar-refractivity contribution in [3.05, 3.63) is 58.6 Å². The SMILES string of the molecule is Cc1ccc(S(=O)(=O)N(CC(=O)N[C@@H]2C[C@H]3CC[C@H]2C3)c2cccc(Br)c2)cc1. The molecule has 4 rings (SSSR count). The van der Waals surface area contributed by atoms with Crippen LogP contribution in [0, 0.1) is 18.8 Å². The zero-order valence-electron chi connectivity index (χ0n) is 16.3. The van der Waals surface area contributed by atoms with Crippen LogP contribution in [0.4, 0.5) is 5.69 Å². The van der Waals surface area contributed by atoms with Gasteiger partial charge in [-0.05, 0) is 68.4 Å². The molecule has 0 aliphatic heterocycles. The highest BCUT2D eigenvalue weighted by atomic mass is 79.9. The lowest BCUT2D eigenvalue weighted by Crippen LogP contribution is -2.46. The second kappa shape index (κ2) is 8.11. The number of nitrogens with zero attached hydrogens (tertiary/aromatic N) is 1. The molecule has 0 spiro atoms. The number of hydrogen-bond donors (Lipinski definition) is 1. The smallest absolute Gasteiger partial charge is 0.264 e. The third-order valence-corrected chi connectivity index (χ3v) is 8.36. The minimum absolute atomic E-state index is 0.174. The molecule has 1 amide bonds. The van der Waals surface area contributed by atoms with E-state index >= 15 is 0 Å². The minimum Gasteiger partial charge on any atom is -0.352 e. The molecule has 0 aromatic heterocycles. The van der Waals surface area contributed by atoms with Crippen LogP contribution in [-0.2, 0) is 14.8 Å². The first-order valence-corrected chi connectivity index (χ1v) is 12.2. The van der Waals surface area contributed by atoms with Gasteiger partial charge < -0.3 is 5.32 Å². The first kappa shape index (κ1) is 20.4. The number of sulfonamides is 1. The number of carbonyl (C=O) groups is 1. The third-order valence-electron chi connectivity index (χ3n) is 6.08. The van der Waals surface area contributed by atoms with E-state index in [9.17, 15) is 13.2 Å². The molecule has 5 nitrogen and oxygen atoms in total. The summed E-state index contributed by atoms with van der Waals surface area (Å²) in [7, 11) is -3.87. The van der Waals surface area contributed by atoms with Gasteiger partial charge in [0.25, 0.3) is 10.0 Å². The van der Waals surface area contributed by atoms with Crippen LogP contribution in [0.2, 0.25) is 0 Å². The van der Waals surface area contributed by atoms with Gasteiger partial charge in [0.15, 0.2) is 0 Å². The molecule has 3 atom stereocenters. The fourth-order valence-corrected chi connectivity index (χ4v) is 6.39. The Bertz CT molecular complexity index is 1010. The molecule has 2 aliphatic carbocycles. The Hall–Kier alpha value is -1.86. The van der Waals surface area contributed by atoms with Crippen LogP contribution < -0.4 is 9.62 Å². The van der Waals surface area contributed by atoms with Crippen molar-refractivity contribution >= 4 is 37.5 Å².